The van der Waals surface area contributed by atoms with E-state index in [-0.39, 0.29) is 0 Å². The molecule has 0 unspecified atom stereocenters. The maximum Gasteiger partial charge on any atom is 0.0939 e. The minimum atomic E-state index is 0.800. The van der Waals surface area contributed by atoms with E-state index in [1.54, 1.807) is 0 Å². The smallest absolute Gasteiger partial charge is 0.0939 e. The zero-order chi connectivity index (χ0) is 10.3. The Balaban J connectivity index is 2.95. The van der Waals surface area contributed by atoms with Crippen molar-refractivity contribution in [3.8, 4) is 0 Å². The number of nitrogen functional groups attached to an aromatic ring is 1. The lowest BCUT2D eigenvalue weighted by Crippen LogP contribution is -1.95. The number of rotatable bonds is 0. The third-order valence-electron chi connectivity index (χ3n) is 2.57. The van der Waals surface area contributed by atoms with E-state index in [1.165, 1.54) is 5.56 Å². The normalized spacial score (nSPS) is 10.8. The molecule has 0 aliphatic rings. The molecule has 14 heavy (non-hydrogen) atoms. The Morgan fingerprint density at radius 1 is 1.07 bits per heavy atom. The molecule has 2 aromatic rings. The molecular weight excluding hydrogens is 172 g/mol. The van der Waals surface area contributed by atoms with Gasteiger partial charge in [0, 0.05) is 11.1 Å². The molecule has 2 nitrogen and oxygen atoms in total. The van der Waals surface area contributed by atoms with E-state index in [0.717, 1.165) is 27.8 Å². The Morgan fingerprint density at radius 3 is 2.50 bits per heavy atom. The molecular formula is C12H14N2. The SMILES string of the molecule is Cc1cc(C)c2ccc(C)c(N)c2n1. The number of hydrogen-bond acceptors (Lipinski definition) is 2. The average molecular weight is 186 g/mol. The molecule has 1 heterocycles. The summed E-state index contributed by atoms with van der Waals surface area (Å²) < 4.78 is 0. The molecule has 1 aromatic carbocycles. The lowest BCUT2D eigenvalue weighted by atomic mass is 10.1. The van der Waals surface area contributed by atoms with Crippen LogP contribution >= 0.6 is 0 Å². The van der Waals surface area contributed by atoms with Gasteiger partial charge in [0.25, 0.3) is 0 Å². The van der Waals surface area contributed by atoms with Gasteiger partial charge < -0.3 is 5.73 Å². The van der Waals surface area contributed by atoms with Crippen LogP contribution in [0.3, 0.4) is 0 Å². The summed E-state index contributed by atoms with van der Waals surface area (Å²) in [6, 6.07) is 6.21. The molecule has 0 radical (unpaired) electrons. The molecule has 0 aliphatic heterocycles. The number of aryl methyl sites for hydroxylation is 3. The van der Waals surface area contributed by atoms with Crippen molar-refractivity contribution in [3.05, 3.63) is 35.0 Å². The topological polar surface area (TPSA) is 38.9 Å². The second-order valence-corrected chi connectivity index (χ2v) is 3.77. The van der Waals surface area contributed by atoms with Crippen molar-refractivity contribution in [2.75, 3.05) is 5.73 Å². The van der Waals surface area contributed by atoms with Crippen LogP contribution in [0.15, 0.2) is 18.2 Å². The van der Waals surface area contributed by atoms with E-state index >= 15 is 0 Å². The fraction of sp³-hybridized carbons (Fsp3) is 0.250. The minimum absolute atomic E-state index is 0.800. The van der Waals surface area contributed by atoms with Gasteiger partial charge in [-0.3, -0.25) is 4.98 Å². The van der Waals surface area contributed by atoms with Crippen LogP contribution < -0.4 is 5.73 Å². The van der Waals surface area contributed by atoms with Crippen LogP contribution in [0.1, 0.15) is 16.8 Å². The standard InChI is InChI=1S/C12H14N2/c1-7-4-5-10-8(2)6-9(3)14-12(10)11(7)13/h4-6H,13H2,1-3H3. The van der Waals surface area contributed by atoms with Crippen LogP contribution in [0.25, 0.3) is 10.9 Å². The first kappa shape index (κ1) is 9.00. The molecule has 0 aliphatic carbocycles. The summed E-state index contributed by atoms with van der Waals surface area (Å²) in [5.41, 5.74) is 11.1. The Bertz CT molecular complexity index is 501. The third-order valence-corrected chi connectivity index (χ3v) is 2.57. The predicted molar refractivity (Wildman–Crippen MR) is 60.4 cm³/mol. The van der Waals surface area contributed by atoms with E-state index in [0.29, 0.717) is 0 Å². The quantitative estimate of drug-likeness (QED) is 0.642. The Kier molecular flexibility index (Phi) is 1.92. The van der Waals surface area contributed by atoms with Crippen molar-refractivity contribution in [3.63, 3.8) is 0 Å². The molecule has 1 aromatic heterocycles. The van der Waals surface area contributed by atoms with Crippen LogP contribution in [0.5, 0.6) is 0 Å². The number of benzene rings is 1. The highest BCUT2D eigenvalue weighted by atomic mass is 14.7. The van der Waals surface area contributed by atoms with E-state index in [9.17, 15) is 0 Å². The zero-order valence-electron chi connectivity index (χ0n) is 8.76. The van der Waals surface area contributed by atoms with Gasteiger partial charge in [0.1, 0.15) is 0 Å². The van der Waals surface area contributed by atoms with Gasteiger partial charge in [0.15, 0.2) is 0 Å². The second kappa shape index (κ2) is 2.98. The van der Waals surface area contributed by atoms with Crippen LogP contribution in [0.2, 0.25) is 0 Å². The Hall–Kier alpha value is -1.57. The van der Waals surface area contributed by atoms with Crippen molar-refractivity contribution >= 4 is 16.6 Å². The van der Waals surface area contributed by atoms with Crippen molar-refractivity contribution < 1.29 is 0 Å². The minimum Gasteiger partial charge on any atom is -0.397 e. The first-order valence-corrected chi connectivity index (χ1v) is 4.72. The highest BCUT2D eigenvalue weighted by molar-refractivity contribution is 5.93. The third kappa shape index (κ3) is 1.23. The monoisotopic (exact) mass is 186 g/mol. The number of aromatic nitrogens is 1. The van der Waals surface area contributed by atoms with E-state index in [4.69, 9.17) is 5.73 Å². The predicted octanol–water partition coefficient (Wildman–Crippen LogP) is 2.74. The highest BCUT2D eigenvalue weighted by Gasteiger charge is 2.05. The Morgan fingerprint density at radius 2 is 1.79 bits per heavy atom. The van der Waals surface area contributed by atoms with Crippen LogP contribution in [-0.2, 0) is 0 Å². The van der Waals surface area contributed by atoms with Gasteiger partial charge in [-0.1, -0.05) is 12.1 Å². The summed E-state index contributed by atoms with van der Waals surface area (Å²) in [5.74, 6) is 0. The summed E-state index contributed by atoms with van der Waals surface area (Å²) in [5, 5.41) is 1.15. The number of nitrogens with zero attached hydrogens (tertiary/aromatic N) is 1. The number of hydrogen-bond donors (Lipinski definition) is 1. The summed E-state index contributed by atoms with van der Waals surface area (Å²) in [7, 11) is 0. The summed E-state index contributed by atoms with van der Waals surface area (Å²) in [6.45, 7) is 6.09. The fourth-order valence-corrected chi connectivity index (χ4v) is 1.75. The second-order valence-electron chi connectivity index (χ2n) is 3.77. The summed E-state index contributed by atoms with van der Waals surface area (Å²) >= 11 is 0. The molecule has 2 rings (SSSR count). The van der Waals surface area contributed by atoms with Gasteiger partial charge in [0.05, 0.1) is 11.2 Å². The van der Waals surface area contributed by atoms with E-state index in [1.807, 2.05) is 19.9 Å². The molecule has 0 fully saturated rings. The highest BCUT2D eigenvalue weighted by Crippen LogP contribution is 2.25. The van der Waals surface area contributed by atoms with Gasteiger partial charge in [-0.2, -0.15) is 0 Å². The molecule has 0 saturated carbocycles. The number of fused-ring (bicyclic) bond motifs is 1. The molecule has 0 saturated heterocycles. The van der Waals surface area contributed by atoms with Gasteiger partial charge in [-0.05, 0) is 38.0 Å². The molecule has 0 spiro atoms. The maximum absolute atomic E-state index is 5.99. The molecule has 0 amide bonds. The van der Waals surface area contributed by atoms with Crippen LogP contribution in [-0.4, -0.2) is 4.98 Å². The van der Waals surface area contributed by atoms with Crippen LogP contribution in [0.4, 0.5) is 5.69 Å². The molecule has 0 bridgehead atoms. The van der Waals surface area contributed by atoms with Crippen molar-refractivity contribution in [2.24, 2.45) is 0 Å². The molecule has 0 atom stereocenters. The summed E-state index contributed by atoms with van der Waals surface area (Å²) in [6.07, 6.45) is 0. The van der Waals surface area contributed by atoms with Gasteiger partial charge in [-0.15, -0.1) is 0 Å². The largest absolute Gasteiger partial charge is 0.397 e. The molecule has 2 heteroatoms. The van der Waals surface area contributed by atoms with Gasteiger partial charge in [0.2, 0.25) is 0 Å². The maximum atomic E-state index is 5.99. The van der Waals surface area contributed by atoms with E-state index < -0.39 is 0 Å². The van der Waals surface area contributed by atoms with Crippen LogP contribution in [0, 0.1) is 20.8 Å². The number of nitrogens with two attached hydrogens (primary N) is 1. The molecule has 2 N–H and O–H groups in total. The first-order chi connectivity index (χ1) is 6.59. The van der Waals surface area contributed by atoms with Crippen molar-refractivity contribution in [1.82, 2.24) is 4.98 Å². The average Bonchev–Trinajstić information content (AvgIpc) is 2.12. The van der Waals surface area contributed by atoms with Crippen molar-refractivity contribution in [2.45, 2.75) is 20.8 Å². The fourth-order valence-electron chi connectivity index (χ4n) is 1.75. The zero-order valence-corrected chi connectivity index (χ0v) is 8.76. The number of pyridine rings is 1. The first-order valence-electron chi connectivity index (χ1n) is 4.72. The van der Waals surface area contributed by atoms with Gasteiger partial charge >= 0.3 is 0 Å². The van der Waals surface area contributed by atoms with Crippen molar-refractivity contribution in [1.29, 1.82) is 0 Å². The van der Waals surface area contributed by atoms with E-state index in [2.05, 4.69) is 24.0 Å². The Labute approximate surface area is 83.8 Å². The lowest BCUT2D eigenvalue weighted by Gasteiger charge is -2.07. The lowest BCUT2D eigenvalue weighted by molar-refractivity contribution is 1.23. The summed E-state index contributed by atoms with van der Waals surface area (Å²) in [4.78, 5) is 4.47. The van der Waals surface area contributed by atoms with Gasteiger partial charge in [-0.25, -0.2) is 0 Å². The molecule has 72 valence electrons. The number of anilines is 1.